The molecule has 1 aliphatic carbocycles. The third-order valence-corrected chi connectivity index (χ3v) is 4.52. The van der Waals surface area contributed by atoms with Crippen molar-refractivity contribution in [1.29, 1.82) is 0 Å². The third-order valence-electron chi connectivity index (χ3n) is 4.52. The van der Waals surface area contributed by atoms with Crippen LogP contribution in [0.2, 0.25) is 0 Å². The lowest BCUT2D eigenvalue weighted by Gasteiger charge is -2.36. The van der Waals surface area contributed by atoms with E-state index in [-0.39, 0.29) is 12.0 Å². The summed E-state index contributed by atoms with van der Waals surface area (Å²) in [5.74, 6) is -0.864. The van der Waals surface area contributed by atoms with E-state index < -0.39 is 12.1 Å². The summed E-state index contributed by atoms with van der Waals surface area (Å²) in [5.41, 5.74) is 0. The number of hydrogen-bond acceptors (Lipinski definition) is 1. The molecule has 0 aliphatic heterocycles. The van der Waals surface area contributed by atoms with Crippen molar-refractivity contribution in [1.82, 2.24) is 5.32 Å². The zero-order valence-corrected chi connectivity index (χ0v) is 12.9. The Labute approximate surface area is 121 Å². The van der Waals surface area contributed by atoms with Gasteiger partial charge < -0.3 is 5.32 Å². The highest BCUT2D eigenvalue weighted by atomic mass is 19.4. The Balaban J connectivity index is 2.54. The van der Waals surface area contributed by atoms with Gasteiger partial charge in [0, 0.05) is 6.04 Å². The van der Waals surface area contributed by atoms with Crippen molar-refractivity contribution in [2.75, 3.05) is 6.54 Å². The first-order chi connectivity index (χ1) is 9.49. The SMILES string of the molecule is CCCCCC(NCCC)C1CCCC(C(F)(F)F)C1. The molecule has 3 unspecified atom stereocenters. The predicted molar refractivity (Wildman–Crippen MR) is 77.7 cm³/mol. The smallest absolute Gasteiger partial charge is 0.314 e. The van der Waals surface area contributed by atoms with E-state index in [1.807, 2.05) is 0 Å². The molecule has 0 bridgehead atoms. The summed E-state index contributed by atoms with van der Waals surface area (Å²) < 4.78 is 38.7. The maximum Gasteiger partial charge on any atom is 0.391 e. The van der Waals surface area contributed by atoms with Gasteiger partial charge in [-0.15, -0.1) is 0 Å². The fourth-order valence-electron chi connectivity index (χ4n) is 3.34. The molecule has 0 saturated heterocycles. The van der Waals surface area contributed by atoms with Gasteiger partial charge in [-0.1, -0.05) is 39.5 Å². The lowest BCUT2D eigenvalue weighted by molar-refractivity contribution is -0.186. The zero-order chi connectivity index (χ0) is 15.0. The van der Waals surface area contributed by atoms with E-state index in [1.165, 1.54) is 6.42 Å². The topological polar surface area (TPSA) is 12.0 Å². The van der Waals surface area contributed by atoms with Crippen LogP contribution in [0.4, 0.5) is 13.2 Å². The monoisotopic (exact) mass is 293 g/mol. The summed E-state index contributed by atoms with van der Waals surface area (Å²) in [6.07, 6.45) is 3.89. The third kappa shape index (κ3) is 6.02. The number of alkyl halides is 3. The van der Waals surface area contributed by atoms with Crippen molar-refractivity contribution in [2.45, 2.75) is 83.9 Å². The van der Waals surface area contributed by atoms with E-state index in [2.05, 4.69) is 19.2 Å². The Hall–Kier alpha value is -0.250. The minimum absolute atomic E-state index is 0.207. The van der Waals surface area contributed by atoms with Gasteiger partial charge in [0.2, 0.25) is 0 Å². The van der Waals surface area contributed by atoms with Crippen LogP contribution in [0, 0.1) is 11.8 Å². The minimum Gasteiger partial charge on any atom is -0.314 e. The van der Waals surface area contributed by atoms with Gasteiger partial charge >= 0.3 is 6.18 Å². The predicted octanol–water partition coefficient (Wildman–Crippen LogP) is 5.30. The summed E-state index contributed by atoms with van der Waals surface area (Å²) in [6.45, 7) is 5.19. The van der Waals surface area contributed by atoms with Gasteiger partial charge in [0.1, 0.15) is 0 Å². The molecule has 0 radical (unpaired) electrons. The van der Waals surface area contributed by atoms with E-state index in [4.69, 9.17) is 0 Å². The standard InChI is InChI=1S/C16H30F3N/c1-3-5-6-10-15(20-11-4-2)13-8-7-9-14(12-13)16(17,18)19/h13-15,20H,3-12H2,1-2H3. The van der Waals surface area contributed by atoms with Crippen LogP contribution in [-0.2, 0) is 0 Å². The molecule has 1 fully saturated rings. The van der Waals surface area contributed by atoms with E-state index in [1.54, 1.807) is 0 Å². The molecule has 0 aromatic carbocycles. The number of rotatable bonds is 8. The second-order valence-electron chi connectivity index (χ2n) is 6.22. The second-order valence-corrected chi connectivity index (χ2v) is 6.22. The summed E-state index contributed by atoms with van der Waals surface area (Å²) in [5, 5.41) is 3.50. The lowest BCUT2D eigenvalue weighted by Crippen LogP contribution is -2.41. The van der Waals surface area contributed by atoms with Gasteiger partial charge in [-0.2, -0.15) is 13.2 Å². The number of halogens is 3. The van der Waals surface area contributed by atoms with E-state index in [0.29, 0.717) is 12.8 Å². The normalized spacial score (nSPS) is 25.6. The number of nitrogens with one attached hydrogen (secondary N) is 1. The maximum absolute atomic E-state index is 12.9. The highest BCUT2D eigenvalue weighted by Crippen LogP contribution is 2.41. The molecular formula is C16H30F3N. The Morgan fingerprint density at radius 2 is 1.85 bits per heavy atom. The van der Waals surface area contributed by atoms with Crippen molar-refractivity contribution in [3.05, 3.63) is 0 Å². The molecule has 20 heavy (non-hydrogen) atoms. The van der Waals surface area contributed by atoms with Crippen molar-refractivity contribution >= 4 is 0 Å². The van der Waals surface area contributed by atoms with E-state index >= 15 is 0 Å². The lowest BCUT2D eigenvalue weighted by atomic mass is 9.76. The van der Waals surface area contributed by atoms with Crippen LogP contribution in [0.5, 0.6) is 0 Å². The van der Waals surface area contributed by atoms with Gasteiger partial charge in [-0.05, 0) is 44.6 Å². The number of hydrogen-bond donors (Lipinski definition) is 1. The molecule has 0 aromatic heterocycles. The first-order valence-corrected chi connectivity index (χ1v) is 8.29. The van der Waals surface area contributed by atoms with Gasteiger partial charge in [-0.25, -0.2) is 0 Å². The van der Waals surface area contributed by atoms with E-state index in [9.17, 15) is 13.2 Å². The fourth-order valence-corrected chi connectivity index (χ4v) is 3.34. The average molecular weight is 293 g/mol. The van der Waals surface area contributed by atoms with Crippen molar-refractivity contribution in [2.24, 2.45) is 11.8 Å². The molecule has 1 saturated carbocycles. The molecule has 3 atom stereocenters. The van der Waals surface area contributed by atoms with Gasteiger partial charge in [-0.3, -0.25) is 0 Å². The molecule has 1 rings (SSSR count). The molecule has 0 aromatic rings. The van der Waals surface area contributed by atoms with Gasteiger partial charge in [0.15, 0.2) is 0 Å². The first kappa shape index (κ1) is 17.8. The molecule has 0 heterocycles. The molecule has 1 nitrogen and oxygen atoms in total. The van der Waals surface area contributed by atoms with Crippen LogP contribution in [0.3, 0.4) is 0 Å². The molecule has 0 spiro atoms. The van der Waals surface area contributed by atoms with Crippen molar-refractivity contribution in [3.8, 4) is 0 Å². The molecule has 1 aliphatic rings. The summed E-state index contributed by atoms with van der Waals surface area (Å²) in [4.78, 5) is 0. The van der Waals surface area contributed by atoms with Crippen LogP contribution < -0.4 is 5.32 Å². The van der Waals surface area contributed by atoms with Gasteiger partial charge in [0.25, 0.3) is 0 Å². The second kappa shape index (κ2) is 8.91. The highest BCUT2D eigenvalue weighted by Gasteiger charge is 2.43. The van der Waals surface area contributed by atoms with Crippen LogP contribution in [-0.4, -0.2) is 18.8 Å². The Bertz CT molecular complexity index is 253. The highest BCUT2D eigenvalue weighted by molar-refractivity contribution is 4.85. The van der Waals surface area contributed by atoms with E-state index in [0.717, 1.165) is 45.1 Å². The largest absolute Gasteiger partial charge is 0.391 e. The quantitative estimate of drug-likeness (QED) is 0.598. The first-order valence-electron chi connectivity index (χ1n) is 8.29. The molecule has 1 N–H and O–H groups in total. The molecular weight excluding hydrogens is 263 g/mol. The summed E-state index contributed by atoms with van der Waals surface area (Å²) in [7, 11) is 0. The molecule has 120 valence electrons. The molecule has 4 heteroatoms. The summed E-state index contributed by atoms with van der Waals surface area (Å²) >= 11 is 0. The van der Waals surface area contributed by atoms with Gasteiger partial charge in [0.05, 0.1) is 5.92 Å². The Morgan fingerprint density at radius 1 is 1.10 bits per heavy atom. The van der Waals surface area contributed by atoms with Crippen LogP contribution in [0.25, 0.3) is 0 Å². The zero-order valence-electron chi connectivity index (χ0n) is 12.9. The molecule has 0 amide bonds. The fraction of sp³-hybridized carbons (Fsp3) is 1.00. The van der Waals surface area contributed by atoms with Crippen molar-refractivity contribution < 1.29 is 13.2 Å². The number of unbranched alkanes of at least 4 members (excludes halogenated alkanes) is 2. The van der Waals surface area contributed by atoms with Crippen LogP contribution >= 0.6 is 0 Å². The average Bonchev–Trinajstić information content (AvgIpc) is 2.42. The summed E-state index contributed by atoms with van der Waals surface area (Å²) in [6, 6.07) is 0.284. The Kier molecular flexibility index (Phi) is 7.93. The Morgan fingerprint density at radius 3 is 2.45 bits per heavy atom. The van der Waals surface area contributed by atoms with Crippen LogP contribution in [0.1, 0.15) is 71.6 Å². The maximum atomic E-state index is 12.9. The minimum atomic E-state index is -4.00. The van der Waals surface area contributed by atoms with Crippen molar-refractivity contribution in [3.63, 3.8) is 0 Å². The van der Waals surface area contributed by atoms with Crippen LogP contribution in [0.15, 0.2) is 0 Å².